The van der Waals surface area contributed by atoms with E-state index in [9.17, 15) is 4.79 Å². The number of hydrogen-bond acceptors (Lipinski definition) is 4. The smallest absolute Gasteiger partial charge is 0.246 e. The highest BCUT2D eigenvalue weighted by Crippen LogP contribution is 2.23. The number of rotatable bonds is 5. The molecule has 0 unspecified atom stereocenters. The minimum atomic E-state index is -0.195. The Morgan fingerprint density at radius 2 is 1.87 bits per heavy atom. The van der Waals surface area contributed by atoms with Crippen molar-refractivity contribution in [3.05, 3.63) is 60.8 Å². The fourth-order valence-corrected chi connectivity index (χ4v) is 2.20. The molecule has 116 valence electrons. The molecule has 3 rings (SSSR count). The average Bonchev–Trinajstić information content (AvgIpc) is 3.04. The van der Waals surface area contributed by atoms with E-state index in [1.165, 1.54) is 4.68 Å². The first-order valence-corrected chi connectivity index (χ1v) is 7.14. The Balaban J connectivity index is 1.68. The van der Waals surface area contributed by atoms with Crippen LogP contribution in [0.4, 0.5) is 5.69 Å². The number of para-hydroxylation sites is 2. The van der Waals surface area contributed by atoms with Crippen LogP contribution in [0.1, 0.15) is 0 Å². The van der Waals surface area contributed by atoms with Crippen molar-refractivity contribution in [3.8, 4) is 17.0 Å². The number of amides is 1. The maximum Gasteiger partial charge on any atom is 0.246 e. The highest BCUT2D eigenvalue weighted by Gasteiger charge is 2.10. The second-order valence-corrected chi connectivity index (χ2v) is 4.92. The van der Waals surface area contributed by atoms with E-state index < -0.39 is 0 Å². The zero-order valence-electron chi connectivity index (χ0n) is 12.6. The van der Waals surface area contributed by atoms with Crippen LogP contribution in [0.2, 0.25) is 0 Å². The highest BCUT2D eigenvalue weighted by molar-refractivity contribution is 5.92. The Labute approximate surface area is 133 Å². The molecule has 2 aromatic carbocycles. The van der Waals surface area contributed by atoms with Crippen LogP contribution in [-0.4, -0.2) is 28.0 Å². The molecule has 0 atom stereocenters. The van der Waals surface area contributed by atoms with Gasteiger partial charge in [-0.15, -0.1) is 5.10 Å². The number of carbonyl (C=O) groups is 1. The molecule has 1 N–H and O–H groups in total. The zero-order valence-corrected chi connectivity index (χ0v) is 12.6. The van der Waals surface area contributed by atoms with Crippen molar-refractivity contribution in [2.75, 3.05) is 12.4 Å². The molecule has 1 aromatic heterocycles. The van der Waals surface area contributed by atoms with E-state index in [2.05, 4.69) is 15.6 Å². The van der Waals surface area contributed by atoms with Gasteiger partial charge in [-0.2, -0.15) is 0 Å². The van der Waals surface area contributed by atoms with Gasteiger partial charge in [-0.25, -0.2) is 4.68 Å². The number of anilines is 1. The maximum atomic E-state index is 12.1. The molecule has 0 aliphatic rings. The summed E-state index contributed by atoms with van der Waals surface area (Å²) in [6.45, 7) is 0.0812. The van der Waals surface area contributed by atoms with Crippen molar-refractivity contribution >= 4 is 11.6 Å². The first-order valence-electron chi connectivity index (χ1n) is 7.14. The normalized spacial score (nSPS) is 10.3. The fourth-order valence-electron chi connectivity index (χ4n) is 2.20. The van der Waals surface area contributed by atoms with E-state index >= 15 is 0 Å². The molecule has 0 spiro atoms. The van der Waals surface area contributed by atoms with E-state index in [0.717, 1.165) is 11.3 Å². The van der Waals surface area contributed by atoms with Gasteiger partial charge < -0.3 is 10.1 Å². The summed E-state index contributed by atoms with van der Waals surface area (Å²) in [6, 6.07) is 17.0. The van der Waals surface area contributed by atoms with Gasteiger partial charge in [0.2, 0.25) is 5.91 Å². The molecular formula is C17H16N4O2. The summed E-state index contributed by atoms with van der Waals surface area (Å²) in [4.78, 5) is 12.1. The van der Waals surface area contributed by atoms with Crippen LogP contribution in [0.25, 0.3) is 11.3 Å². The van der Waals surface area contributed by atoms with Crippen LogP contribution >= 0.6 is 0 Å². The van der Waals surface area contributed by atoms with Crippen LogP contribution in [-0.2, 0) is 11.3 Å². The molecule has 0 aliphatic heterocycles. The third-order valence-corrected chi connectivity index (χ3v) is 3.29. The van der Waals surface area contributed by atoms with E-state index in [-0.39, 0.29) is 12.5 Å². The summed E-state index contributed by atoms with van der Waals surface area (Å²) in [5, 5.41) is 10.9. The summed E-state index contributed by atoms with van der Waals surface area (Å²) in [5.41, 5.74) is 2.32. The van der Waals surface area contributed by atoms with Crippen LogP contribution < -0.4 is 10.1 Å². The summed E-state index contributed by atoms with van der Waals surface area (Å²) in [5.74, 6) is 0.420. The summed E-state index contributed by atoms with van der Waals surface area (Å²) >= 11 is 0. The molecule has 0 radical (unpaired) electrons. The maximum absolute atomic E-state index is 12.1. The topological polar surface area (TPSA) is 69.0 Å². The quantitative estimate of drug-likeness (QED) is 0.786. The lowest BCUT2D eigenvalue weighted by atomic mass is 10.2. The first kappa shape index (κ1) is 14.8. The molecule has 1 amide bonds. The van der Waals surface area contributed by atoms with Gasteiger partial charge in [-0.1, -0.05) is 47.7 Å². The van der Waals surface area contributed by atoms with Crippen molar-refractivity contribution in [1.29, 1.82) is 0 Å². The molecule has 6 nitrogen and oxygen atoms in total. The Morgan fingerprint density at radius 3 is 2.65 bits per heavy atom. The Hall–Kier alpha value is -3.15. The van der Waals surface area contributed by atoms with Crippen LogP contribution in [0, 0.1) is 0 Å². The number of nitrogens with zero attached hydrogens (tertiary/aromatic N) is 3. The lowest BCUT2D eigenvalue weighted by molar-refractivity contribution is -0.116. The van der Waals surface area contributed by atoms with Crippen LogP contribution in [0.5, 0.6) is 5.75 Å². The van der Waals surface area contributed by atoms with Crippen molar-refractivity contribution in [1.82, 2.24) is 15.0 Å². The Morgan fingerprint density at radius 1 is 1.13 bits per heavy atom. The zero-order chi connectivity index (χ0) is 16.1. The molecule has 0 fully saturated rings. The third kappa shape index (κ3) is 3.55. The number of hydrogen-bond donors (Lipinski definition) is 1. The van der Waals surface area contributed by atoms with Crippen molar-refractivity contribution in [2.24, 2.45) is 0 Å². The van der Waals surface area contributed by atoms with Gasteiger partial charge in [0.15, 0.2) is 0 Å². The van der Waals surface area contributed by atoms with Gasteiger partial charge >= 0.3 is 0 Å². The van der Waals surface area contributed by atoms with Gasteiger partial charge in [0.25, 0.3) is 0 Å². The Bertz CT molecular complexity index is 799. The van der Waals surface area contributed by atoms with Gasteiger partial charge in [0.05, 0.1) is 19.0 Å². The number of aromatic nitrogens is 3. The standard InChI is InChI=1S/C17H16N4O2/c1-23-16-10-6-5-9-14(16)18-17(22)12-21-11-15(19-20-21)13-7-3-2-4-8-13/h2-11H,12H2,1H3,(H,18,22). The minimum absolute atomic E-state index is 0.0812. The number of nitrogens with one attached hydrogen (secondary N) is 1. The molecule has 3 aromatic rings. The van der Waals surface area contributed by atoms with Crippen LogP contribution in [0.15, 0.2) is 60.8 Å². The fraction of sp³-hybridized carbons (Fsp3) is 0.118. The van der Waals surface area contributed by atoms with Crippen LogP contribution in [0.3, 0.4) is 0 Å². The molecule has 0 bridgehead atoms. The molecule has 0 saturated carbocycles. The average molecular weight is 308 g/mol. The van der Waals surface area contributed by atoms with E-state index in [1.807, 2.05) is 42.5 Å². The third-order valence-electron chi connectivity index (χ3n) is 3.29. The predicted octanol–water partition coefficient (Wildman–Crippen LogP) is 2.59. The van der Waals surface area contributed by atoms with Gasteiger partial charge in [-0.3, -0.25) is 4.79 Å². The van der Waals surface area contributed by atoms with Crippen molar-refractivity contribution in [3.63, 3.8) is 0 Å². The molecule has 0 saturated heterocycles. The molecule has 1 heterocycles. The second kappa shape index (κ2) is 6.74. The molecular weight excluding hydrogens is 292 g/mol. The lowest BCUT2D eigenvalue weighted by Crippen LogP contribution is -2.19. The first-order chi connectivity index (χ1) is 11.3. The van der Waals surface area contributed by atoms with Gasteiger partial charge in [0.1, 0.15) is 18.0 Å². The number of methoxy groups -OCH3 is 1. The van der Waals surface area contributed by atoms with Crippen molar-refractivity contribution in [2.45, 2.75) is 6.54 Å². The lowest BCUT2D eigenvalue weighted by Gasteiger charge is -2.09. The van der Waals surface area contributed by atoms with E-state index in [4.69, 9.17) is 4.74 Å². The second-order valence-electron chi connectivity index (χ2n) is 4.92. The summed E-state index contributed by atoms with van der Waals surface area (Å²) in [7, 11) is 1.56. The minimum Gasteiger partial charge on any atom is -0.495 e. The molecule has 23 heavy (non-hydrogen) atoms. The SMILES string of the molecule is COc1ccccc1NC(=O)Cn1cc(-c2ccccc2)nn1. The van der Waals surface area contributed by atoms with Gasteiger partial charge in [-0.05, 0) is 12.1 Å². The monoisotopic (exact) mass is 308 g/mol. The van der Waals surface area contributed by atoms with Gasteiger partial charge in [0, 0.05) is 5.56 Å². The number of benzene rings is 2. The van der Waals surface area contributed by atoms with E-state index in [1.54, 1.807) is 25.4 Å². The van der Waals surface area contributed by atoms with E-state index in [0.29, 0.717) is 11.4 Å². The molecule has 6 heteroatoms. The molecule has 0 aliphatic carbocycles. The van der Waals surface area contributed by atoms with Crippen molar-refractivity contribution < 1.29 is 9.53 Å². The predicted molar refractivity (Wildman–Crippen MR) is 87.1 cm³/mol. The highest BCUT2D eigenvalue weighted by atomic mass is 16.5. The largest absolute Gasteiger partial charge is 0.495 e. The number of ether oxygens (including phenoxy) is 1. The summed E-state index contributed by atoms with van der Waals surface area (Å²) < 4.78 is 6.72. The summed E-state index contributed by atoms with van der Waals surface area (Å²) in [6.07, 6.45) is 1.75. The Kier molecular flexibility index (Phi) is 4.33. The number of carbonyl (C=O) groups excluding carboxylic acids is 1.